The molecule has 0 unspecified atom stereocenters. The number of carbonyl (C=O) groups is 2. The zero-order valence-corrected chi connectivity index (χ0v) is 10.5. The Kier molecular flexibility index (Phi) is 5.62. The molecule has 5 nitrogen and oxygen atoms in total. The van der Waals surface area contributed by atoms with Gasteiger partial charge in [0.1, 0.15) is 0 Å². The van der Waals surface area contributed by atoms with Gasteiger partial charge in [-0.25, -0.2) is 9.59 Å². The van der Waals surface area contributed by atoms with Crippen LogP contribution in [0.2, 0.25) is 0 Å². The molecule has 0 amide bonds. The molecule has 98 valence electrons. The molecule has 0 saturated carbocycles. The number of carboxylic acid groups (broad SMARTS) is 2. The number of aryl methyl sites for hydroxylation is 1. The van der Waals surface area contributed by atoms with Crippen LogP contribution in [0.15, 0.2) is 24.5 Å². The zero-order chi connectivity index (χ0) is 14.5. The monoisotopic (exact) mass is 252 g/mol. The Morgan fingerprint density at radius 1 is 1.06 bits per heavy atom. The first kappa shape index (κ1) is 15.7. The van der Waals surface area contributed by atoms with Gasteiger partial charge in [-0.05, 0) is 38.0 Å². The van der Waals surface area contributed by atoms with Crippen molar-refractivity contribution in [3.8, 4) is 0 Å². The highest BCUT2D eigenvalue weighted by Crippen LogP contribution is 2.18. The van der Waals surface area contributed by atoms with Crippen LogP contribution in [0.1, 0.15) is 38.8 Å². The summed E-state index contributed by atoms with van der Waals surface area (Å²) in [6.07, 6.45) is 0. The lowest BCUT2D eigenvalue weighted by Crippen LogP contribution is -2.08. The molecule has 0 fully saturated rings. The van der Waals surface area contributed by atoms with Gasteiger partial charge in [0, 0.05) is 0 Å². The fourth-order valence-electron chi connectivity index (χ4n) is 1.41. The van der Waals surface area contributed by atoms with Gasteiger partial charge >= 0.3 is 11.9 Å². The third kappa shape index (κ3) is 4.29. The second-order valence-electron chi connectivity index (χ2n) is 3.78. The van der Waals surface area contributed by atoms with Crippen LogP contribution in [0.4, 0.5) is 0 Å². The standard InChI is InChI=1S/C10H10O4.C3H6O/c1-5-3-4-7(9(11)12)6(2)8(5)10(13)14;1-3(2)4/h3-4H,1-2H3,(H,11,12)(H,13,14);4H,1H2,2H3. The molecule has 18 heavy (non-hydrogen) atoms. The number of hydrogen-bond donors (Lipinski definition) is 3. The maximum atomic E-state index is 10.8. The highest BCUT2D eigenvalue weighted by molar-refractivity contribution is 5.97. The second-order valence-corrected chi connectivity index (χ2v) is 3.78. The van der Waals surface area contributed by atoms with Crippen LogP contribution in [0.5, 0.6) is 0 Å². The molecule has 0 saturated heterocycles. The van der Waals surface area contributed by atoms with Gasteiger partial charge in [0.2, 0.25) is 0 Å². The predicted octanol–water partition coefficient (Wildman–Crippen LogP) is 2.78. The van der Waals surface area contributed by atoms with Crippen molar-refractivity contribution in [2.45, 2.75) is 20.8 Å². The molecule has 5 heteroatoms. The summed E-state index contributed by atoms with van der Waals surface area (Å²) in [6, 6.07) is 2.92. The van der Waals surface area contributed by atoms with Crippen molar-refractivity contribution >= 4 is 11.9 Å². The van der Waals surface area contributed by atoms with E-state index in [0.717, 1.165) is 0 Å². The molecule has 1 rings (SSSR count). The number of carboxylic acids is 2. The summed E-state index contributed by atoms with van der Waals surface area (Å²) in [5.74, 6) is -2.03. The maximum absolute atomic E-state index is 10.8. The van der Waals surface area contributed by atoms with Gasteiger partial charge in [-0.3, -0.25) is 0 Å². The van der Waals surface area contributed by atoms with Crippen molar-refractivity contribution in [3.05, 3.63) is 46.7 Å². The molecule has 0 aliphatic carbocycles. The first-order valence-electron chi connectivity index (χ1n) is 5.09. The Morgan fingerprint density at radius 2 is 1.50 bits per heavy atom. The number of aromatic carboxylic acids is 2. The number of benzene rings is 1. The van der Waals surface area contributed by atoms with Crippen molar-refractivity contribution in [1.29, 1.82) is 0 Å². The van der Waals surface area contributed by atoms with Crippen LogP contribution in [0.25, 0.3) is 0 Å². The minimum Gasteiger partial charge on any atom is -0.513 e. The summed E-state index contributed by atoms with van der Waals surface area (Å²) in [5.41, 5.74) is 0.975. The van der Waals surface area contributed by atoms with Crippen molar-refractivity contribution < 1.29 is 24.9 Å². The third-order valence-electron chi connectivity index (χ3n) is 2.12. The highest BCUT2D eigenvalue weighted by Gasteiger charge is 2.16. The largest absolute Gasteiger partial charge is 0.513 e. The van der Waals surface area contributed by atoms with Crippen molar-refractivity contribution in [2.75, 3.05) is 0 Å². The van der Waals surface area contributed by atoms with E-state index in [1.807, 2.05) is 0 Å². The molecule has 0 spiro atoms. The summed E-state index contributed by atoms with van der Waals surface area (Å²) in [7, 11) is 0. The summed E-state index contributed by atoms with van der Waals surface area (Å²) in [4.78, 5) is 21.5. The summed E-state index contributed by atoms with van der Waals surface area (Å²) in [6.45, 7) is 7.78. The molecular formula is C13H16O5. The van der Waals surface area contributed by atoms with E-state index in [1.165, 1.54) is 26.0 Å². The van der Waals surface area contributed by atoms with Gasteiger partial charge in [0.25, 0.3) is 0 Å². The van der Waals surface area contributed by atoms with Crippen molar-refractivity contribution in [2.24, 2.45) is 0 Å². The number of hydrogen-bond acceptors (Lipinski definition) is 3. The van der Waals surface area contributed by atoms with Crippen LogP contribution in [0, 0.1) is 13.8 Å². The van der Waals surface area contributed by atoms with Crippen LogP contribution in [-0.2, 0) is 0 Å². The van der Waals surface area contributed by atoms with E-state index in [9.17, 15) is 9.59 Å². The zero-order valence-electron chi connectivity index (χ0n) is 10.5. The van der Waals surface area contributed by atoms with E-state index in [0.29, 0.717) is 11.1 Å². The Hall–Kier alpha value is -2.30. The van der Waals surface area contributed by atoms with E-state index in [1.54, 1.807) is 6.92 Å². The van der Waals surface area contributed by atoms with E-state index in [4.69, 9.17) is 15.3 Å². The molecule has 0 atom stereocenters. The Labute approximate surface area is 105 Å². The average molecular weight is 252 g/mol. The lowest BCUT2D eigenvalue weighted by atomic mass is 9.98. The molecule has 0 aliphatic rings. The molecule has 3 N–H and O–H groups in total. The number of aliphatic hydroxyl groups excluding tert-OH is 1. The summed E-state index contributed by atoms with van der Waals surface area (Å²) in [5, 5.41) is 25.5. The lowest BCUT2D eigenvalue weighted by molar-refractivity contribution is 0.0695. The van der Waals surface area contributed by atoms with Gasteiger partial charge in [-0.15, -0.1) is 0 Å². The smallest absolute Gasteiger partial charge is 0.336 e. The Bertz CT molecular complexity index is 484. The van der Waals surface area contributed by atoms with Crippen molar-refractivity contribution in [1.82, 2.24) is 0 Å². The SMILES string of the molecule is C=C(C)O.Cc1ccc(C(=O)O)c(C)c1C(=O)O. The number of rotatable bonds is 2. The lowest BCUT2D eigenvalue weighted by Gasteiger charge is -2.07. The first-order valence-corrected chi connectivity index (χ1v) is 5.09. The molecule has 0 aliphatic heterocycles. The van der Waals surface area contributed by atoms with Crippen LogP contribution < -0.4 is 0 Å². The molecule has 0 aromatic heterocycles. The molecular weight excluding hydrogens is 236 g/mol. The molecule has 1 aromatic carbocycles. The van der Waals surface area contributed by atoms with E-state index in [2.05, 4.69) is 6.58 Å². The van der Waals surface area contributed by atoms with Gasteiger partial charge in [-0.2, -0.15) is 0 Å². The minimum absolute atomic E-state index is 0.0352. The Morgan fingerprint density at radius 3 is 1.83 bits per heavy atom. The fraction of sp³-hybridized carbons (Fsp3) is 0.231. The highest BCUT2D eigenvalue weighted by atomic mass is 16.4. The van der Waals surface area contributed by atoms with Gasteiger partial charge < -0.3 is 15.3 Å². The van der Waals surface area contributed by atoms with Crippen LogP contribution in [0.3, 0.4) is 0 Å². The average Bonchev–Trinajstić information content (AvgIpc) is 2.14. The topological polar surface area (TPSA) is 94.8 Å². The predicted molar refractivity (Wildman–Crippen MR) is 67.3 cm³/mol. The van der Waals surface area contributed by atoms with E-state index < -0.39 is 11.9 Å². The quantitative estimate of drug-likeness (QED) is 0.703. The van der Waals surface area contributed by atoms with Crippen molar-refractivity contribution in [3.63, 3.8) is 0 Å². The minimum atomic E-state index is -1.11. The summed E-state index contributed by atoms with van der Waals surface area (Å²) >= 11 is 0. The van der Waals surface area contributed by atoms with Crippen LogP contribution in [-0.4, -0.2) is 27.3 Å². The number of allylic oxidation sites excluding steroid dienone is 1. The summed E-state index contributed by atoms with van der Waals surface area (Å²) < 4.78 is 0. The second kappa shape index (κ2) is 6.44. The normalized spacial score (nSPS) is 9.06. The molecule has 0 heterocycles. The first-order chi connectivity index (χ1) is 8.18. The van der Waals surface area contributed by atoms with Crippen LogP contribution >= 0.6 is 0 Å². The van der Waals surface area contributed by atoms with E-state index in [-0.39, 0.29) is 16.9 Å². The van der Waals surface area contributed by atoms with Gasteiger partial charge in [0.05, 0.1) is 16.9 Å². The number of aliphatic hydroxyl groups is 1. The van der Waals surface area contributed by atoms with Gasteiger partial charge in [-0.1, -0.05) is 12.6 Å². The van der Waals surface area contributed by atoms with E-state index >= 15 is 0 Å². The fourth-order valence-corrected chi connectivity index (χ4v) is 1.41. The van der Waals surface area contributed by atoms with Gasteiger partial charge in [0.15, 0.2) is 0 Å². The molecule has 0 radical (unpaired) electrons. The maximum Gasteiger partial charge on any atom is 0.336 e. The molecule has 0 bridgehead atoms. The third-order valence-corrected chi connectivity index (χ3v) is 2.12. The Balaban J connectivity index is 0.000000631. The molecule has 1 aromatic rings.